The molecule has 1 amide bonds. The number of hydrogen-bond acceptors (Lipinski definition) is 4. The molecule has 0 unspecified atom stereocenters. The molecule has 0 aliphatic carbocycles. The summed E-state index contributed by atoms with van der Waals surface area (Å²) in [5.41, 5.74) is 1.87. The number of fused-ring (bicyclic) bond motifs is 1. The Balaban J connectivity index is 1.79. The van der Waals surface area contributed by atoms with Crippen LogP contribution >= 0.6 is 0 Å². The van der Waals surface area contributed by atoms with Crippen molar-refractivity contribution in [2.45, 2.75) is 26.3 Å². The van der Waals surface area contributed by atoms with Gasteiger partial charge in [-0.3, -0.25) is 9.36 Å². The SMILES string of the molecule is CC[C@H](NC(=O)Oc1c(C)n(-c2ccccc2OC)c(=O)c2ccccc12)c1ccccc1. The minimum Gasteiger partial charge on any atom is -0.495 e. The summed E-state index contributed by atoms with van der Waals surface area (Å²) in [6.07, 6.45) is 0.128. The van der Waals surface area contributed by atoms with Gasteiger partial charge in [-0.05, 0) is 37.1 Å². The summed E-state index contributed by atoms with van der Waals surface area (Å²) in [7, 11) is 1.56. The number of para-hydroxylation sites is 2. The zero-order valence-electron chi connectivity index (χ0n) is 18.9. The van der Waals surface area contributed by atoms with Crippen LogP contribution in [0, 0.1) is 6.92 Å². The molecule has 0 aliphatic rings. The number of methoxy groups -OCH3 is 1. The van der Waals surface area contributed by atoms with Gasteiger partial charge in [0.2, 0.25) is 0 Å². The van der Waals surface area contributed by atoms with Crippen molar-refractivity contribution in [3.63, 3.8) is 0 Å². The number of pyridine rings is 1. The number of ether oxygens (including phenoxy) is 2. The van der Waals surface area contributed by atoms with E-state index >= 15 is 0 Å². The summed E-state index contributed by atoms with van der Waals surface area (Å²) in [4.78, 5) is 26.4. The smallest absolute Gasteiger partial charge is 0.413 e. The summed E-state index contributed by atoms with van der Waals surface area (Å²) < 4.78 is 12.9. The van der Waals surface area contributed by atoms with E-state index in [2.05, 4.69) is 5.32 Å². The fourth-order valence-electron chi connectivity index (χ4n) is 4.04. The van der Waals surface area contributed by atoms with E-state index in [0.29, 0.717) is 40.1 Å². The summed E-state index contributed by atoms with van der Waals surface area (Å²) in [6.45, 7) is 3.76. The lowest BCUT2D eigenvalue weighted by Crippen LogP contribution is -2.32. The average Bonchev–Trinajstić information content (AvgIpc) is 2.86. The molecule has 1 N–H and O–H groups in total. The van der Waals surface area contributed by atoms with Crippen molar-refractivity contribution in [1.29, 1.82) is 0 Å². The summed E-state index contributed by atoms with van der Waals surface area (Å²) >= 11 is 0. The van der Waals surface area contributed by atoms with Crippen LogP contribution in [0.5, 0.6) is 11.5 Å². The number of carbonyl (C=O) groups excluding carboxylic acids is 1. The highest BCUT2D eigenvalue weighted by Gasteiger charge is 2.21. The van der Waals surface area contributed by atoms with Crippen molar-refractivity contribution in [3.05, 3.63) is 100 Å². The monoisotopic (exact) mass is 442 g/mol. The number of benzene rings is 3. The predicted molar refractivity (Wildman–Crippen MR) is 129 cm³/mol. The van der Waals surface area contributed by atoms with E-state index in [1.165, 1.54) is 4.57 Å². The number of rotatable bonds is 6. The highest BCUT2D eigenvalue weighted by Crippen LogP contribution is 2.31. The first-order valence-electron chi connectivity index (χ1n) is 10.9. The first-order valence-corrected chi connectivity index (χ1v) is 10.9. The number of aromatic nitrogens is 1. The Hall–Kier alpha value is -4.06. The number of nitrogens with one attached hydrogen (secondary N) is 1. The van der Waals surface area contributed by atoms with Crippen LogP contribution in [0.2, 0.25) is 0 Å². The van der Waals surface area contributed by atoms with Crippen LogP contribution < -0.4 is 20.3 Å². The molecule has 0 fully saturated rings. The van der Waals surface area contributed by atoms with Gasteiger partial charge in [0.1, 0.15) is 5.75 Å². The topological polar surface area (TPSA) is 69.6 Å². The third kappa shape index (κ3) is 4.32. The molecule has 168 valence electrons. The molecular formula is C27H26N2O4. The second-order valence-corrected chi connectivity index (χ2v) is 7.68. The van der Waals surface area contributed by atoms with Gasteiger partial charge in [0, 0.05) is 5.39 Å². The molecule has 0 bridgehead atoms. The molecule has 4 rings (SSSR count). The highest BCUT2D eigenvalue weighted by atomic mass is 16.6. The summed E-state index contributed by atoms with van der Waals surface area (Å²) in [5, 5.41) is 3.98. The maximum Gasteiger partial charge on any atom is 0.413 e. The molecule has 0 radical (unpaired) electrons. The van der Waals surface area contributed by atoms with Crippen LogP contribution in [-0.2, 0) is 0 Å². The Kier molecular flexibility index (Phi) is 6.45. The first kappa shape index (κ1) is 22.1. The molecule has 1 heterocycles. The molecule has 3 aromatic carbocycles. The average molecular weight is 443 g/mol. The third-order valence-electron chi connectivity index (χ3n) is 5.69. The van der Waals surface area contributed by atoms with Gasteiger partial charge in [-0.15, -0.1) is 0 Å². The van der Waals surface area contributed by atoms with Gasteiger partial charge >= 0.3 is 6.09 Å². The molecule has 6 nitrogen and oxygen atoms in total. The van der Waals surface area contributed by atoms with Crippen molar-refractivity contribution in [2.24, 2.45) is 0 Å². The Morgan fingerprint density at radius 1 is 0.939 bits per heavy atom. The number of amides is 1. The fourth-order valence-corrected chi connectivity index (χ4v) is 4.04. The largest absolute Gasteiger partial charge is 0.495 e. The Morgan fingerprint density at radius 2 is 1.58 bits per heavy atom. The van der Waals surface area contributed by atoms with E-state index in [9.17, 15) is 9.59 Å². The van der Waals surface area contributed by atoms with Crippen molar-refractivity contribution < 1.29 is 14.3 Å². The minimum atomic E-state index is -0.579. The van der Waals surface area contributed by atoms with Crippen LogP contribution in [0.4, 0.5) is 4.79 Å². The molecule has 0 saturated heterocycles. The zero-order valence-corrected chi connectivity index (χ0v) is 18.9. The lowest BCUT2D eigenvalue weighted by atomic mass is 10.1. The lowest BCUT2D eigenvalue weighted by Gasteiger charge is -2.20. The van der Waals surface area contributed by atoms with Gasteiger partial charge in [0.05, 0.1) is 29.9 Å². The van der Waals surface area contributed by atoms with Crippen LogP contribution in [0.1, 0.15) is 30.6 Å². The molecule has 1 aromatic heterocycles. The molecule has 4 aromatic rings. The van der Waals surface area contributed by atoms with Crippen LogP contribution in [-0.4, -0.2) is 17.8 Å². The lowest BCUT2D eigenvalue weighted by molar-refractivity contribution is 0.195. The second kappa shape index (κ2) is 9.61. The van der Waals surface area contributed by atoms with E-state index in [-0.39, 0.29) is 11.6 Å². The first-order chi connectivity index (χ1) is 16.0. The molecule has 33 heavy (non-hydrogen) atoms. The Morgan fingerprint density at radius 3 is 2.27 bits per heavy atom. The highest BCUT2D eigenvalue weighted by molar-refractivity contribution is 5.91. The van der Waals surface area contributed by atoms with Crippen molar-refractivity contribution >= 4 is 16.9 Å². The Labute approximate surface area is 192 Å². The second-order valence-electron chi connectivity index (χ2n) is 7.68. The number of carbonyl (C=O) groups is 1. The zero-order chi connectivity index (χ0) is 23.4. The van der Waals surface area contributed by atoms with Gasteiger partial charge in [-0.2, -0.15) is 0 Å². The van der Waals surface area contributed by atoms with Crippen LogP contribution in [0.25, 0.3) is 16.5 Å². The maximum absolute atomic E-state index is 13.4. The van der Waals surface area contributed by atoms with Gasteiger partial charge in [0.25, 0.3) is 5.56 Å². The van der Waals surface area contributed by atoms with E-state index in [1.54, 1.807) is 44.4 Å². The van der Waals surface area contributed by atoms with Gasteiger partial charge in [-0.1, -0.05) is 67.6 Å². The van der Waals surface area contributed by atoms with Gasteiger partial charge in [-0.25, -0.2) is 4.79 Å². The van der Waals surface area contributed by atoms with E-state index in [4.69, 9.17) is 9.47 Å². The van der Waals surface area contributed by atoms with Gasteiger partial charge < -0.3 is 14.8 Å². The molecule has 0 aliphatic heterocycles. The molecule has 1 atom stereocenters. The van der Waals surface area contributed by atoms with E-state index in [1.807, 2.05) is 55.5 Å². The minimum absolute atomic E-state index is 0.189. The van der Waals surface area contributed by atoms with E-state index in [0.717, 1.165) is 5.56 Å². The summed E-state index contributed by atoms with van der Waals surface area (Å²) in [6, 6.07) is 23.9. The number of hydrogen-bond donors (Lipinski definition) is 1. The molecule has 0 saturated carbocycles. The fraction of sp³-hybridized carbons (Fsp3) is 0.185. The van der Waals surface area contributed by atoms with Gasteiger partial charge in [0.15, 0.2) is 5.75 Å². The molecule has 6 heteroatoms. The Bertz CT molecular complexity index is 1350. The van der Waals surface area contributed by atoms with Crippen molar-refractivity contribution in [2.75, 3.05) is 7.11 Å². The van der Waals surface area contributed by atoms with Crippen LogP contribution in [0.3, 0.4) is 0 Å². The summed E-state index contributed by atoms with van der Waals surface area (Å²) in [5.74, 6) is 0.875. The quantitative estimate of drug-likeness (QED) is 0.425. The van der Waals surface area contributed by atoms with Crippen molar-refractivity contribution in [3.8, 4) is 17.2 Å². The maximum atomic E-state index is 13.4. The van der Waals surface area contributed by atoms with Crippen LogP contribution in [0.15, 0.2) is 83.7 Å². The van der Waals surface area contributed by atoms with E-state index < -0.39 is 6.09 Å². The molecular weight excluding hydrogens is 416 g/mol. The normalized spacial score (nSPS) is 11.7. The number of nitrogens with zero attached hydrogens (tertiary/aromatic N) is 1. The molecule has 0 spiro atoms. The predicted octanol–water partition coefficient (Wildman–Crippen LogP) is 5.55. The van der Waals surface area contributed by atoms with Crippen molar-refractivity contribution in [1.82, 2.24) is 9.88 Å². The standard InChI is InChI=1S/C27H26N2O4/c1-4-22(19-12-6-5-7-13-19)28-27(31)33-25-18(2)29(23-16-10-11-17-24(23)32-3)26(30)21-15-9-8-14-20(21)25/h5-17,22H,4H2,1-3H3,(H,28,31)/t22-/m0/s1. The third-order valence-corrected chi connectivity index (χ3v) is 5.69.